The number of hydrogen-bond acceptors (Lipinski definition) is 4. The Morgan fingerprint density at radius 3 is 2.77 bits per heavy atom. The van der Waals surface area contributed by atoms with Gasteiger partial charge in [0.05, 0.1) is 5.02 Å². The molecular weight excluding hydrogens is 302 g/mol. The van der Waals surface area contributed by atoms with Crippen LogP contribution in [0.5, 0.6) is 11.6 Å². The zero-order chi connectivity index (χ0) is 15.9. The summed E-state index contributed by atoms with van der Waals surface area (Å²) >= 11 is 6.32. The molecule has 0 saturated carbocycles. The summed E-state index contributed by atoms with van der Waals surface area (Å²) in [5.74, 6) is 1.10. The van der Waals surface area contributed by atoms with Crippen molar-refractivity contribution in [2.24, 2.45) is 0 Å². The number of nitrogens with two attached hydrogens (primary N) is 1. The quantitative estimate of drug-likeness (QED) is 0.849. The molecule has 0 fully saturated rings. The lowest BCUT2D eigenvalue weighted by Crippen LogP contribution is -2.11. The number of nitrogen functional groups attached to an aromatic ring is 1. The normalized spacial score (nSPS) is 13.5. The number of H-pyrrole nitrogens is 1. The Bertz CT molecular complexity index is 784. The van der Waals surface area contributed by atoms with Gasteiger partial charge < -0.3 is 10.5 Å². The minimum absolute atomic E-state index is 0.116. The number of benzene rings is 1. The maximum Gasteiger partial charge on any atom is 0.264 e. The van der Waals surface area contributed by atoms with Gasteiger partial charge in [0.25, 0.3) is 5.56 Å². The fourth-order valence-electron chi connectivity index (χ4n) is 2.85. The molecule has 1 heterocycles. The van der Waals surface area contributed by atoms with E-state index in [0.717, 1.165) is 36.0 Å². The Kier molecular flexibility index (Phi) is 3.83. The van der Waals surface area contributed by atoms with Gasteiger partial charge >= 0.3 is 0 Å². The fourth-order valence-corrected chi connectivity index (χ4v) is 3.12. The van der Waals surface area contributed by atoms with Crippen LogP contribution in [0.25, 0.3) is 0 Å². The standard InChI is InChI=1S/C16H18ClN3O2/c1-8(2)11-6-14(21)19-20-16(11)22-15-10-5-3-4-9(10)13(18)7-12(15)17/h6-8H,3-5,18H2,1-2H3,(H,19,21). The number of rotatable bonds is 3. The van der Waals surface area contributed by atoms with E-state index in [1.807, 2.05) is 13.8 Å². The van der Waals surface area contributed by atoms with E-state index in [1.54, 1.807) is 6.07 Å². The van der Waals surface area contributed by atoms with Gasteiger partial charge in [0.1, 0.15) is 0 Å². The summed E-state index contributed by atoms with van der Waals surface area (Å²) in [5, 5.41) is 6.92. The Morgan fingerprint density at radius 2 is 2.05 bits per heavy atom. The van der Waals surface area contributed by atoms with Crippen molar-refractivity contribution < 1.29 is 4.74 Å². The molecule has 1 aliphatic carbocycles. The first-order chi connectivity index (χ1) is 10.5. The van der Waals surface area contributed by atoms with E-state index in [1.165, 1.54) is 6.07 Å². The summed E-state index contributed by atoms with van der Waals surface area (Å²) in [6, 6.07) is 3.24. The summed E-state index contributed by atoms with van der Waals surface area (Å²) in [5.41, 5.74) is 9.40. The zero-order valence-electron chi connectivity index (χ0n) is 12.6. The van der Waals surface area contributed by atoms with Crippen LogP contribution in [-0.2, 0) is 12.8 Å². The molecule has 2 aromatic rings. The summed E-state index contributed by atoms with van der Waals surface area (Å²) in [6.07, 6.45) is 2.85. The van der Waals surface area contributed by atoms with Crippen LogP contribution >= 0.6 is 11.6 Å². The van der Waals surface area contributed by atoms with Crippen LogP contribution in [-0.4, -0.2) is 10.2 Å². The summed E-state index contributed by atoms with van der Waals surface area (Å²) < 4.78 is 5.99. The molecule has 0 aliphatic heterocycles. The van der Waals surface area contributed by atoms with Crippen molar-refractivity contribution in [3.63, 3.8) is 0 Å². The smallest absolute Gasteiger partial charge is 0.264 e. The topological polar surface area (TPSA) is 81.0 Å². The minimum atomic E-state index is -0.246. The molecular formula is C16H18ClN3O2. The third-order valence-electron chi connectivity index (χ3n) is 3.96. The number of fused-ring (bicyclic) bond motifs is 1. The molecule has 6 heteroatoms. The Balaban J connectivity index is 2.09. The van der Waals surface area contributed by atoms with Crippen LogP contribution in [0.2, 0.25) is 5.02 Å². The average molecular weight is 320 g/mol. The Hall–Kier alpha value is -2.01. The second kappa shape index (κ2) is 5.65. The van der Waals surface area contributed by atoms with Gasteiger partial charge in [0.15, 0.2) is 5.75 Å². The number of hydrogen-bond donors (Lipinski definition) is 2. The molecule has 22 heavy (non-hydrogen) atoms. The molecule has 0 radical (unpaired) electrons. The van der Waals surface area contributed by atoms with Crippen LogP contribution in [0.4, 0.5) is 5.69 Å². The molecule has 0 atom stereocenters. The SMILES string of the molecule is CC(C)c1cc(=O)[nH]nc1Oc1c(Cl)cc(N)c2c1CCC2. The average Bonchev–Trinajstić information content (AvgIpc) is 2.94. The van der Waals surface area contributed by atoms with Crippen molar-refractivity contribution in [1.29, 1.82) is 0 Å². The maximum atomic E-state index is 11.5. The van der Waals surface area contributed by atoms with E-state index < -0.39 is 0 Å². The molecule has 3 rings (SSSR count). The Labute approximate surface area is 133 Å². The van der Waals surface area contributed by atoms with Crippen LogP contribution in [0, 0.1) is 0 Å². The highest BCUT2D eigenvalue weighted by molar-refractivity contribution is 6.32. The molecule has 0 unspecified atom stereocenters. The van der Waals surface area contributed by atoms with Crippen molar-refractivity contribution in [2.75, 3.05) is 5.73 Å². The van der Waals surface area contributed by atoms with E-state index in [4.69, 9.17) is 22.1 Å². The van der Waals surface area contributed by atoms with Crippen molar-refractivity contribution >= 4 is 17.3 Å². The molecule has 3 N–H and O–H groups in total. The number of halogens is 1. The number of nitrogens with zero attached hydrogens (tertiary/aromatic N) is 1. The van der Waals surface area contributed by atoms with Crippen LogP contribution in [0.3, 0.4) is 0 Å². The highest BCUT2D eigenvalue weighted by Gasteiger charge is 2.23. The molecule has 0 saturated heterocycles. The lowest BCUT2D eigenvalue weighted by atomic mass is 10.1. The van der Waals surface area contributed by atoms with Crippen LogP contribution < -0.4 is 16.0 Å². The Morgan fingerprint density at radius 1 is 1.32 bits per heavy atom. The van der Waals surface area contributed by atoms with E-state index in [2.05, 4.69) is 10.2 Å². The second-order valence-electron chi connectivity index (χ2n) is 5.84. The van der Waals surface area contributed by atoms with E-state index in [0.29, 0.717) is 22.3 Å². The molecule has 0 amide bonds. The van der Waals surface area contributed by atoms with Gasteiger partial charge in [-0.25, -0.2) is 5.10 Å². The first kappa shape index (κ1) is 14.9. The highest BCUT2D eigenvalue weighted by Crippen LogP contribution is 2.42. The lowest BCUT2D eigenvalue weighted by molar-refractivity contribution is 0.440. The number of anilines is 1. The molecule has 1 aromatic carbocycles. The third-order valence-corrected chi connectivity index (χ3v) is 4.24. The molecule has 1 aliphatic rings. The summed E-state index contributed by atoms with van der Waals surface area (Å²) in [7, 11) is 0. The van der Waals surface area contributed by atoms with Crippen molar-refractivity contribution in [1.82, 2.24) is 10.2 Å². The molecule has 116 valence electrons. The number of ether oxygens (including phenoxy) is 1. The third kappa shape index (κ3) is 2.57. The zero-order valence-corrected chi connectivity index (χ0v) is 13.3. The molecule has 0 bridgehead atoms. The number of aromatic amines is 1. The van der Waals surface area contributed by atoms with Crippen molar-refractivity contribution in [2.45, 2.75) is 39.0 Å². The van der Waals surface area contributed by atoms with Crippen molar-refractivity contribution in [3.05, 3.63) is 44.2 Å². The van der Waals surface area contributed by atoms with Gasteiger partial charge in [-0.1, -0.05) is 25.4 Å². The monoisotopic (exact) mass is 319 g/mol. The van der Waals surface area contributed by atoms with Gasteiger partial charge in [-0.15, -0.1) is 5.10 Å². The minimum Gasteiger partial charge on any atom is -0.435 e. The summed E-state index contributed by atoms with van der Waals surface area (Å²) in [4.78, 5) is 11.5. The predicted molar refractivity (Wildman–Crippen MR) is 86.9 cm³/mol. The second-order valence-corrected chi connectivity index (χ2v) is 6.24. The number of nitrogens with one attached hydrogen (secondary N) is 1. The fraction of sp³-hybridized carbons (Fsp3) is 0.375. The highest BCUT2D eigenvalue weighted by atomic mass is 35.5. The molecule has 1 aromatic heterocycles. The van der Waals surface area contributed by atoms with Gasteiger partial charge in [-0.3, -0.25) is 4.79 Å². The van der Waals surface area contributed by atoms with E-state index >= 15 is 0 Å². The molecule has 5 nitrogen and oxygen atoms in total. The van der Waals surface area contributed by atoms with Crippen LogP contribution in [0.15, 0.2) is 16.9 Å². The maximum absolute atomic E-state index is 11.5. The largest absolute Gasteiger partial charge is 0.435 e. The van der Waals surface area contributed by atoms with E-state index in [-0.39, 0.29) is 11.5 Å². The first-order valence-corrected chi connectivity index (χ1v) is 7.72. The van der Waals surface area contributed by atoms with Gasteiger partial charge in [-0.2, -0.15) is 0 Å². The molecule has 0 spiro atoms. The lowest BCUT2D eigenvalue weighted by Gasteiger charge is -2.16. The van der Waals surface area contributed by atoms with Gasteiger partial charge in [0.2, 0.25) is 5.88 Å². The van der Waals surface area contributed by atoms with Crippen molar-refractivity contribution in [3.8, 4) is 11.6 Å². The van der Waals surface area contributed by atoms with Crippen LogP contribution in [0.1, 0.15) is 42.9 Å². The van der Waals surface area contributed by atoms with Gasteiger partial charge in [0, 0.05) is 22.9 Å². The van der Waals surface area contributed by atoms with Gasteiger partial charge in [-0.05, 0) is 36.8 Å². The van der Waals surface area contributed by atoms with E-state index in [9.17, 15) is 4.79 Å². The predicted octanol–water partition coefficient (Wildman–Crippen LogP) is 3.41. The number of aromatic nitrogens is 2. The first-order valence-electron chi connectivity index (χ1n) is 7.34. The summed E-state index contributed by atoms with van der Waals surface area (Å²) in [6.45, 7) is 3.97.